The number of aromatic nitrogens is 2. The predicted octanol–water partition coefficient (Wildman–Crippen LogP) is 2.98. The van der Waals surface area contributed by atoms with Crippen molar-refractivity contribution in [3.63, 3.8) is 0 Å². The second-order valence-electron chi connectivity index (χ2n) is 11.1. The molecule has 218 valence electrons. The van der Waals surface area contributed by atoms with Crippen LogP contribution in [0.5, 0.6) is 0 Å². The zero-order valence-electron chi connectivity index (χ0n) is 24.0. The van der Waals surface area contributed by atoms with Gasteiger partial charge in [0.2, 0.25) is 11.8 Å². The van der Waals surface area contributed by atoms with Crippen molar-refractivity contribution in [1.82, 2.24) is 19.8 Å². The van der Waals surface area contributed by atoms with Crippen LogP contribution < -0.4 is 16.4 Å². The molecule has 3 amide bonds. The van der Waals surface area contributed by atoms with Gasteiger partial charge in [-0.15, -0.1) is 0 Å². The Morgan fingerprint density at radius 1 is 1.02 bits per heavy atom. The van der Waals surface area contributed by atoms with Gasteiger partial charge in [0.15, 0.2) is 5.82 Å². The van der Waals surface area contributed by atoms with E-state index in [9.17, 15) is 14.4 Å². The smallest absolute Gasteiger partial charge is 0.250 e. The van der Waals surface area contributed by atoms with Gasteiger partial charge in [0, 0.05) is 19.6 Å². The van der Waals surface area contributed by atoms with E-state index in [0.717, 1.165) is 37.1 Å². The fourth-order valence-electron chi connectivity index (χ4n) is 4.72. The molecule has 10 nitrogen and oxygen atoms in total. The first-order valence-electron chi connectivity index (χ1n) is 14.0. The molecule has 2 aromatic carbocycles. The maximum absolute atomic E-state index is 13.5. The first kappa shape index (κ1) is 30.0. The van der Waals surface area contributed by atoms with Crippen LogP contribution in [-0.4, -0.2) is 63.4 Å². The largest absolute Gasteiger partial charge is 0.374 e. The standard InChI is InChI=1S/C31H40N6O4/c1-22-27(33-21-37(22)18-25(24-14-8-5-9-15-24)29(39)36-16-10-11-17-36)35-28(38)26(34-30(40)31(2,3)32)20-41-19-23-12-6-4-7-13-23/h4-9,12-15,21,25-26H,10-11,16-20,32H2,1-3H3,(H,34,40)(H,35,38)/t25?,26-/m1/s1. The molecule has 1 unspecified atom stereocenters. The Balaban J connectivity index is 1.47. The summed E-state index contributed by atoms with van der Waals surface area (Å²) in [5.74, 6) is -0.887. The van der Waals surface area contributed by atoms with Crippen molar-refractivity contribution >= 4 is 23.5 Å². The van der Waals surface area contributed by atoms with Crippen molar-refractivity contribution < 1.29 is 19.1 Å². The quantitative estimate of drug-likeness (QED) is 0.312. The Morgan fingerprint density at radius 3 is 2.29 bits per heavy atom. The zero-order chi connectivity index (χ0) is 29.4. The molecule has 2 heterocycles. The second kappa shape index (κ2) is 13.6. The molecule has 1 aliphatic heterocycles. The van der Waals surface area contributed by atoms with Crippen LogP contribution in [-0.2, 0) is 32.3 Å². The van der Waals surface area contributed by atoms with Crippen molar-refractivity contribution in [3.05, 3.63) is 83.8 Å². The van der Waals surface area contributed by atoms with Gasteiger partial charge in [-0.05, 0) is 44.7 Å². The normalized spacial score (nSPS) is 14.9. The number of ether oxygens (including phenoxy) is 1. The van der Waals surface area contributed by atoms with Gasteiger partial charge in [0.05, 0.1) is 36.7 Å². The Hall–Kier alpha value is -4.02. The zero-order valence-corrected chi connectivity index (χ0v) is 24.0. The molecule has 0 spiro atoms. The van der Waals surface area contributed by atoms with Gasteiger partial charge in [-0.2, -0.15) is 0 Å². The number of hydrogen-bond acceptors (Lipinski definition) is 6. The molecule has 2 atom stereocenters. The maximum atomic E-state index is 13.5. The van der Waals surface area contributed by atoms with Crippen LogP contribution in [0.1, 0.15) is 49.4 Å². The molecule has 4 rings (SSSR count). The summed E-state index contributed by atoms with van der Waals surface area (Å²) in [6, 6.07) is 18.3. The van der Waals surface area contributed by atoms with E-state index in [1.54, 1.807) is 20.2 Å². The molecule has 4 N–H and O–H groups in total. The van der Waals surface area contributed by atoms with Crippen molar-refractivity contribution in [2.75, 3.05) is 25.0 Å². The lowest BCUT2D eigenvalue weighted by Crippen LogP contribution is -2.56. The van der Waals surface area contributed by atoms with E-state index >= 15 is 0 Å². The fraction of sp³-hybridized carbons (Fsp3) is 0.419. The highest BCUT2D eigenvalue weighted by molar-refractivity contribution is 5.98. The van der Waals surface area contributed by atoms with Crippen LogP contribution in [0, 0.1) is 6.92 Å². The van der Waals surface area contributed by atoms with Gasteiger partial charge in [0.1, 0.15) is 6.04 Å². The molecule has 1 fully saturated rings. The number of nitrogens with two attached hydrogens (primary N) is 1. The van der Waals surface area contributed by atoms with Crippen LogP contribution in [0.3, 0.4) is 0 Å². The number of imidazole rings is 1. The van der Waals surface area contributed by atoms with Crippen LogP contribution in [0.15, 0.2) is 67.0 Å². The van der Waals surface area contributed by atoms with Gasteiger partial charge < -0.3 is 30.6 Å². The molecule has 0 aliphatic carbocycles. The van der Waals surface area contributed by atoms with Gasteiger partial charge in [-0.25, -0.2) is 4.98 Å². The Bertz CT molecular complexity index is 1310. The number of carbonyl (C=O) groups excluding carboxylic acids is 3. The van der Waals surface area contributed by atoms with Crippen LogP contribution in [0.2, 0.25) is 0 Å². The number of nitrogens with zero attached hydrogens (tertiary/aromatic N) is 3. The Morgan fingerprint density at radius 2 is 1.66 bits per heavy atom. The third-order valence-corrected chi connectivity index (χ3v) is 7.24. The number of hydrogen-bond donors (Lipinski definition) is 3. The van der Waals surface area contributed by atoms with Crippen molar-refractivity contribution in [2.45, 2.75) is 64.3 Å². The lowest BCUT2D eigenvalue weighted by molar-refractivity contribution is -0.132. The highest BCUT2D eigenvalue weighted by atomic mass is 16.5. The van der Waals surface area contributed by atoms with E-state index in [2.05, 4.69) is 15.6 Å². The van der Waals surface area contributed by atoms with E-state index in [-0.39, 0.29) is 25.0 Å². The summed E-state index contributed by atoms with van der Waals surface area (Å²) in [6.07, 6.45) is 3.66. The summed E-state index contributed by atoms with van der Waals surface area (Å²) >= 11 is 0. The first-order valence-corrected chi connectivity index (χ1v) is 14.0. The van der Waals surface area contributed by atoms with Crippen molar-refractivity contribution in [1.29, 1.82) is 0 Å². The Kier molecular flexibility index (Phi) is 9.91. The molecular formula is C31H40N6O4. The van der Waals surface area contributed by atoms with Gasteiger partial charge >= 0.3 is 0 Å². The minimum absolute atomic E-state index is 0.0529. The second-order valence-corrected chi connectivity index (χ2v) is 11.1. The minimum atomic E-state index is -1.18. The molecule has 3 aromatic rings. The number of benzene rings is 2. The van der Waals surface area contributed by atoms with E-state index in [1.165, 1.54) is 0 Å². The molecule has 0 radical (unpaired) electrons. The number of likely N-dealkylation sites (tertiary alicyclic amines) is 1. The summed E-state index contributed by atoms with van der Waals surface area (Å²) in [7, 11) is 0. The molecule has 0 bridgehead atoms. The van der Waals surface area contributed by atoms with Crippen LogP contribution in [0.4, 0.5) is 5.82 Å². The molecule has 41 heavy (non-hydrogen) atoms. The van der Waals surface area contributed by atoms with Gasteiger partial charge in [0.25, 0.3) is 5.91 Å². The molecule has 10 heteroatoms. The third-order valence-electron chi connectivity index (χ3n) is 7.24. The summed E-state index contributed by atoms with van der Waals surface area (Å²) in [5.41, 5.74) is 7.36. The van der Waals surface area contributed by atoms with Gasteiger partial charge in [-0.3, -0.25) is 14.4 Å². The average molecular weight is 561 g/mol. The monoisotopic (exact) mass is 560 g/mol. The first-order chi connectivity index (χ1) is 19.6. The van der Waals surface area contributed by atoms with Crippen molar-refractivity contribution in [2.24, 2.45) is 5.73 Å². The summed E-state index contributed by atoms with van der Waals surface area (Å²) < 4.78 is 7.66. The van der Waals surface area contributed by atoms with Crippen LogP contribution >= 0.6 is 0 Å². The molecular weight excluding hydrogens is 520 g/mol. The van der Waals surface area contributed by atoms with E-state index in [4.69, 9.17) is 10.5 Å². The summed E-state index contributed by atoms with van der Waals surface area (Å²) in [4.78, 5) is 45.8. The molecule has 0 saturated carbocycles. The van der Waals surface area contributed by atoms with E-state index < -0.39 is 23.4 Å². The number of carbonyl (C=O) groups is 3. The van der Waals surface area contributed by atoms with Crippen molar-refractivity contribution in [3.8, 4) is 0 Å². The summed E-state index contributed by atoms with van der Waals surface area (Å²) in [5, 5.41) is 5.54. The molecule has 1 aromatic heterocycles. The minimum Gasteiger partial charge on any atom is -0.374 e. The number of amides is 3. The summed E-state index contributed by atoms with van der Waals surface area (Å²) in [6.45, 7) is 7.13. The molecule has 1 saturated heterocycles. The average Bonchev–Trinajstić information content (AvgIpc) is 3.62. The number of anilines is 1. The lowest BCUT2D eigenvalue weighted by atomic mass is 9.97. The SMILES string of the molecule is Cc1c(NC(=O)[C@@H](COCc2ccccc2)NC(=O)C(C)(C)N)ncn1CC(C(=O)N1CCCC1)c1ccccc1. The highest BCUT2D eigenvalue weighted by Crippen LogP contribution is 2.25. The lowest BCUT2D eigenvalue weighted by Gasteiger charge is -2.24. The maximum Gasteiger partial charge on any atom is 0.250 e. The number of nitrogens with one attached hydrogen (secondary N) is 2. The highest BCUT2D eigenvalue weighted by Gasteiger charge is 2.31. The van der Waals surface area contributed by atoms with Crippen LogP contribution in [0.25, 0.3) is 0 Å². The van der Waals surface area contributed by atoms with E-state index in [0.29, 0.717) is 18.1 Å². The number of rotatable bonds is 12. The topological polar surface area (TPSA) is 132 Å². The van der Waals surface area contributed by atoms with E-state index in [1.807, 2.05) is 77.1 Å². The predicted molar refractivity (Wildman–Crippen MR) is 157 cm³/mol. The third kappa shape index (κ3) is 8.02. The molecule has 1 aliphatic rings. The Labute approximate surface area is 241 Å². The van der Waals surface area contributed by atoms with Gasteiger partial charge in [-0.1, -0.05) is 60.7 Å². The fourth-order valence-corrected chi connectivity index (χ4v) is 4.72.